The fourth-order valence-electron chi connectivity index (χ4n) is 2.24. The van der Waals surface area contributed by atoms with E-state index < -0.39 is 0 Å². The molecule has 0 saturated heterocycles. The van der Waals surface area contributed by atoms with Gasteiger partial charge in [-0.1, -0.05) is 0 Å². The second kappa shape index (κ2) is 11.7. The molecule has 2 aromatic rings. The highest BCUT2D eigenvalue weighted by atomic mass is 16.5. The van der Waals surface area contributed by atoms with E-state index in [4.69, 9.17) is 14.2 Å². The number of rotatable bonds is 12. The van der Waals surface area contributed by atoms with Crippen molar-refractivity contribution in [3.63, 3.8) is 0 Å². The molecule has 2 rings (SSSR count). The normalized spacial score (nSPS) is 11.0. The molecule has 0 saturated carbocycles. The number of nitrogens with zero attached hydrogens (tertiary/aromatic N) is 2. The third-order valence-electron chi connectivity index (χ3n) is 3.85. The van der Waals surface area contributed by atoms with E-state index >= 15 is 0 Å². The lowest BCUT2D eigenvalue weighted by Crippen LogP contribution is -2.35. The summed E-state index contributed by atoms with van der Waals surface area (Å²) in [5, 5.41) is 0. The molecule has 0 aliphatic carbocycles. The van der Waals surface area contributed by atoms with Crippen molar-refractivity contribution in [1.82, 2.24) is 0 Å². The maximum absolute atomic E-state index is 5.57. The summed E-state index contributed by atoms with van der Waals surface area (Å²) in [7, 11) is 0. The summed E-state index contributed by atoms with van der Waals surface area (Å²) in [6.07, 6.45) is 8.28. The Morgan fingerprint density at radius 2 is 0.880 bits per heavy atom. The molecule has 5 nitrogen and oxygen atoms in total. The molecule has 0 fully saturated rings. The van der Waals surface area contributed by atoms with E-state index in [1.54, 1.807) is 0 Å². The maximum atomic E-state index is 5.57. The molecule has 0 aliphatic heterocycles. The highest BCUT2D eigenvalue weighted by Crippen LogP contribution is 1.90. The van der Waals surface area contributed by atoms with Crippen molar-refractivity contribution in [1.29, 1.82) is 0 Å². The first-order valence-electron chi connectivity index (χ1n) is 8.89. The second-order valence-corrected chi connectivity index (χ2v) is 6.06. The van der Waals surface area contributed by atoms with Crippen molar-refractivity contribution in [2.75, 3.05) is 39.6 Å². The van der Waals surface area contributed by atoms with Gasteiger partial charge in [0.1, 0.15) is 13.2 Å². The van der Waals surface area contributed by atoms with Crippen LogP contribution in [-0.2, 0) is 27.3 Å². The van der Waals surface area contributed by atoms with Gasteiger partial charge in [-0.05, 0) is 25.0 Å². The van der Waals surface area contributed by atoms with Crippen molar-refractivity contribution in [3.05, 3.63) is 60.2 Å². The number of hydrogen-bond acceptors (Lipinski definition) is 3. The first kappa shape index (κ1) is 19.5. The summed E-state index contributed by atoms with van der Waals surface area (Å²) < 4.78 is 20.9. The minimum Gasteiger partial charge on any atom is -0.377 e. The molecule has 136 valence electrons. The molecule has 0 atom stereocenters. The standard InChI is InChI=1S/C20H30N2O3/c1-19-3-7-21(8-4-19)11-13-23-15-17-25-18-16-24-14-12-22-9-5-20(2)6-10-22/h3-10H,11-18H2,1-2H3/q+2. The molecule has 5 heteroatoms. The van der Waals surface area contributed by atoms with Gasteiger partial charge >= 0.3 is 0 Å². The van der Waals surface area contributed by atoms with Crippen molar-refractivity contribution in [2.24, 2.45) is 0 Å². The Hall–Kier alpha value is -1.82. The van der Waals surface area contributed by atoms with Gasteiger partial charge in [0.2, 0.25) is 0 Å². The third kappa shape index (κ3) is 8.72. The Kier molecular flexibility index (Phi) is 9.12. The van der Waals surface area contributed by atoms with Gasteiger partial charge in [-0.2, -0.15) is 0 Å². The number of ether oxygens (including phenoxy) is 3. The number of pyridine rings is 2. The molecular weight excluding hydrogens is 316 g/mol. The van der Waals surface area contributed by atoms with Gasteiger partial charge in [0.15, 0.2) is 37.9 Å². The predicted octanol–water partition coefficient (Wildman–Crippen LogP) is 1.63. The summed E-state index contributed by atoms with van der Waals surface area (Å²) in [6, 6.07) is 8.39. The molecule has 25 heavy (non-hydrogen) atoms. The Balaban J connectivity index is 1.37. The van der Waals surface area contributed by atoms with E-state index in [2.05, 4.69) is 72.0 Å². The van der Waals surface area contributed by atoms with Crippen LogP contribution in [0.5, 0.6) is 0 Å². The fraction of sp³-hybridized carbons (Fsp3) is 0.500. The zero-order valence-electron chi connectivity index (χ0n) is 15.4. The number of aromatic nitrogens is 2. The van der Waals surface area contributed by atoms with E-state index in [1.165, 1.54) is 11.1 Å². The summed E-state index contributed by atoms with van der Waals surface area (Å²) in [5.41, 5.74) is 2.54. The fourth-order valence-corrected chi connectivity index (χ4v) is 2.24. The molecule has 0 amide bonds. The third-order valence-corrected chi connectivity index (χ3v) is 3.85. The van der Waals surface area contributed by atoms with Crippen molar-refractivity contribution in [2.45, 2.75) is 26.9 Å². The Morgan fingerprint density at radius 3 is 1.24 bits per heavy atom. The average molecular weight is 346 g/mol. The molecule has 0 N–H and O–H groups in total. The topological polar surface area (TPSA) is 35.5 Å². The lowest BCUT2D eigenvalue weighted by molar-refractivity contribution is -0.698. The van der Waals surface area contributed by atoms with Crippen molar-refractivity contribution < 1.29 is 23.3 Å². The van der Waals surface area contributed by atoms with Gasteiger partial charge in [0.25, 0.3) is 0 Å². The Morgan fingerprint density at radius 1 is 0.560 bits per heavy atom. The quantitative estimate of drug-likeness (QED) is 0.433. The SMILES string of the molecule is Cc1cc[n+](CCOCCOCCOCC[n+]2ccc(C)cc2)cc1. The monoisotopic (exact) mass is 346 g/mol. The molecular formula is C20H30N2O3+2. The summed E-state index contributed by atoms with van der Waals surface area (Å²) >= 11 is 0. The van der Waals surface area contributed by atoms with Crippen LogP contribution in [0.1, 0.15) is 11.1 Å². The van der Waals surface area contributed by atoms with E-state index in [0.29, 0.717) is 39.6 Å². The van der Waals surface area contributed by atoms with Crippen LogP contribution >= 0.6 is 0 Å². The molecule has 0 aliphatic rings. The van der Waals surface area contributed by atoms with E-state index in [0.717, 1.165) is 13.1 Å². The van der Waals surface area contributed by atoms with Gasteiger partial charge in [0.05, 0.1) is 26.4 Å². The number of aryl methyl sites for hydroxylation is 2. The van der Waals surface area contributed by atoms with Gasteiger partial charge < -0.3 is 14.2 Å². The van der Waals surface area contributed by atoms with Crippen LogP contribution in [0.3, 0.4) is 0 Å². The lowest BCUT2D eigenvalue weighted by Gasteiger charge is -2.05. The van der Waals surface area contributed by atoms with Gasteiger partial charge in [0, 0.05) is 24.3 Å². The lowest BCUT2D eigenvalue weighted by atomic mass is 10.3. The molecule has 2 heterocycles. The van der Waals surface area contributed by atoms with Gasteiger partial charge in [-0.15, -0.1) is 0 Å². The van der Waals surface area contributed by atoms with Crippen LogP contribution in [0, 0.1) is 13.8 Å². The van der Waals surface area contributed by atoms with Gasteiger partial charge in [-0.25, -0.2) is 9.13 Å². The average Bonchev–Trinajstić information content (AvgIpc) is 2.63. The van der Waals surface area contributed by atoms with Crippen molar-refractivity contribution in [3.8, 4) is 0 Å². The Labute approximate surface area is 150 Å². The smallest absolute Gasteiger partial charge is 0.171 e. The van der Waals surface area contributed by atoms with E-state index in [-0.39, 0.29) is 0 Å². The highest BCUT2D eigenvalue weighted by Gasteiger charge is 2.00. The van der Waals surface area contributed by atoms with Gasteiger partial charge in [-0.3, -0.25) is 0 Å². The van der Waals surface area contributed by atoms with Crippen LogP contribution in [0.15, 0.2) is 49.1 Å². The molecule has 0 bridgehead atoms. The second-order valence-electron chi connectivity index (χ2n) is 6.06. The Bertz CT molecular complexity index is 531. The highest BCUT2D eigenvalue weighted by molar-refractivity contribution is 5.03. The summed E-state index contributed by atoms with van der Waals surface area (Å²) in [6.45, 7) is 9.73. The molecule has 2 aromatic heterocycles. The number of hydrogen-bond donors (Lipinski definition) is 0. The van der Waals surface area contributed by atoms with Crippen LogP contribution in [0.2, 0.25) is 0 Å². The predicted molar refractivity (Wildman–Crippen MR) is 95.2 cm³/mol. The minimum atomic E-state index is 0.606. The summed E-state index contributed by atoms with van der Waals surface area (Å²) in [5.74, 6) is 0. The molecule has 0 radical (unpaired) electrons. The largest absolute Gasteiger partial charge is 0.377 e. The van der Waals surface area contributed by atoms with E-state index in [1.807, 2.05) is 0 Å². The molecule has 0 aromatic carbocycles. The zero-order valence-corrected chi connectivity index (χ0v) is 15.4. The van der Waals surface area contributed by atoms with Crippen LogP contribution in [0.25, 0.3) is 0 Å². The first-order chi connectivity index (χ1) is 12.2. The first-order valence-corrected chi connectivity index (χ1v) is 8.89. The summed E-state index contributed by atoms with van der Waals surface area (Å²) in [4.78, 5) is 0. The van der Waals surface area contributed by atoms with Crippen LogP contribution in [0.4, 0.5) is 0 Å². The minimum absolute atomic E-state index is 0.606. The zero-order chi connectivity index (χ0) is 17.7. The maximum Gasteiger partial charge on any atom is 0.171 e. The molecule has 0 spiro atoms. The van der Waals surface area contributed by atoms with Crippen molar-refractivity contribution >= 4 is 0 Å². The van der Waals surface area contributed by atoms with Crippen LogP contribution < -0.4 is 9.13 Å². The van der Waals surface area contributed by atoms with E-state index in [9.17, 15) is 0 Å². The van der Waals surface area contributed by atoms with Crippen LogP contribution in [-0.4, -0.2) is 39.6 Å². The molecule has 0 unspecified atom stereocenters.